The number of aliphatic imine (C=N–C) groups is 1. The third-order valence-electron chi connectivity index (χ3n) is 3.06. The maximum absolute atomic E-state index is 11.3. The van der Waals surface area contributed by atoms with Crippen LogP contribution < -0.4 is 34.7 Å². The molecule has 0 heterocycles. The van der Waals surface area contributed by atoms with E-state index >= 15 is 0 Å². The van der Waals surface area contributed by atoms with Crippen molar-refractivity contribution in [1.29, 1.82) is 0 Å². The molecule has 0 saturated heterocycles. The molecule has 0 amide bonds. The normalized spacial score (nSPS) is 12.5. The molecule has 0 rings (SSSR count). The van der Waals surface area contributed by atoms with Gasteiger partial charge in [0.15, 0.2) is 0 Å². The molecule has 0 aromatic carbocycles. The molecule has 0 unspecified atom stereocenters. The summed E-state index contributed by atoms with van der Waals surface area (Å²) in [6.07, 6.45) is 13.0. The topological polar surface area (TPSA) is 89.8 Å². The molecule has 1 N–H and O–H groups in total. The number of allylic oxidation sites excluding steroid dienone is 1. The fraction of sp³-hybridized carbons (Fsp3) is 0.800. The second-order valence-electron chi connectivity index (χ2n) is 5.17. The second kappa shape index (κ2) is 16.0. The van der Waals surface area contributed by atoms with Crippen LogP contribution in [0.25, 0.3) is 0 Å². The van der Waals surface area contributed by atoms with Crippen molar-refractivity contribution in [2.24, 2.45) is 4.99 Å². The number of unbranched alkanes of at least 4 members (excludes halogenated alkanes) is 7. The Morgan fingerprint density at radius 3 is 2.27 bits per heavy atom. The quantitative estimate of drug-likeness (QED) is 0.164. The molecule has 7 heteroatoms. The van der Waals surface area contributed by atoms with E-state index in [-0.39, 0.29) is 54.2 Å². The molecule has 5 nitrogen and oxygen atoms in total. The summed E-state index contributed by atoms with van der Waals surface area (Å²) in [6.45, 7) is 2.33. The van der Waals surface area contributed by atoms with E-state index < -0.39 is 10.1 Å². The first-order valence-electron chi connectivity index (χ1n) is 7.79. The van der Waals surface area contributed by atoms with Gasteiger partial charge in [-0.15, -0.1) is 0 Å². The maximum atomic E-state index is 11.3. The van der Waals surface area contributed by atoms with Gasteiger partial charge in [0.25, 0.3) is 10.1 Å². The third kappa shape index (κ3) is 20.1. The summed E-state index contributed by atoms with van der Waals surface area (Å²) < 4.78 is 29.4. The van der Waals surface area contributed by atoms with Crippen molar-refractivity contribution in [3.8, 4) is 0 Å². The standard InChI is InChI=1S/C15H29NO4S.Na/c1-2-3-4-5-6-7-8-9-10-12-15(17)16-13-11-14-21(18,19)20;/h10,12H,2-9,11,13-14H2,1H3,(H,16,17)(H,18,19,20);/q;+1/p-1/b12-10+;. The smallest absolute Gasteiger partial charge is 0.859 e. The first-order valence-corrected chi connectivity index (χ1v) is 9.40. The molecule has 0 aliphatic rings. The second-order valence-corrected chi connectivity index (χ2v) is 6.74. The van der Waals surface area contributed by atoms with E-state index in [0.717, 1.165) is 12.8 Å². The molecule has 124 valence electrons. The summed E-state index contributed by atoms with van der Waals surface area (Å²) in [4.78, 5) is 3.69. The molecule has 22 heavy (non-hydrogen) atoms. The Bertz CT molecular complexity index is 408. The van der Waals surface area contributed by atoms with Crippen LogP contribution in [0.1, 0.15) is 64.7 Å². The zero-order chi connectivity index (χ0) is 16.0. The minimum absolute atomic E-state index is 0. The van der Waals surface area contributed by atoms with Crippen molar-refractivity contribution in [3.63, 3.8) is 0 Å². The Kier molecular flexibility index (Phi) is 17.7. The number of nitrogens with zero attached hydrogens (tertiary/aromatic N) is 1. The van der Waals surface area contributed by atoms with E-state index in [1.165, 1.54) is 44.6 Å². The zero-order valence-corrected chi connectivity index (χ0v) is 16.8. The summed E-state index contributed by atoms with van der Waals surface area (Å²) in [5.74, 6) is -0.695. The van der Waals surface area contributed by atoms with Gasteiger partial charge >= 0.3 is 29.6 Å². The van der Waals surface area contributed by atoms with Gasteiger partial charge in [-0.25, -0.2) is 0 Å². The molecule has 0 aromatic heterocycles. The van der Waals surface area contributed by atoms with Crippen molar-refractivity contribution < 1.29 is 47.6 Å². The van der Waals surface area contributed by atoms with E-state index in [1.54, 1.807) is 0 Å². The Morgan fingerprint density at radius 2 is 1.68 bits per heavy atom. The van der Waals surface area contributed by atoms with Crippen molar-refractivity contribution in [1.82, 2.24) is 0 Å². The fourth-order valence-corrected chi connectivity index (χ4v) is 2.39. The Hall–Kier alpha value is 0.120. The van der Waals surface area contributed by atoms with E-state index in [2.05, 4.69) is 11.9 Å². The van der Waals surface area contributed by atoms with Crippen molar-refractivity contribution in [2.75, 3.05) is 12.3 Å². The predicted octanol–water partition coefficient (Wildman–Crippen LogP) is -0.276. The molecule has 0 radical (unpaired) electrons. The Morgan fingerprint density at radius 1 is 1.09 bits per heavy atom. The van der Waals surface area contributed by atoms with Gasteiger partial charge in [-0.3, -0.25) is 4.55 Å². The monoisotopic (exact) mass is 341 g/mol. The molecular formula is C15H28NNaO4S. The first-order chi connectivity index (χ1) is 9.95. The van der Waals surface area contributed by atoms with Gasteiger partial charge < -0.3 is 10.1 Å². The van der Waals surface area contributed by atoms with Crippen LogP contribution in [0.5, 0.6) is 0 Å². The van der Waals surface area contributed by atoms with E-state index in [0.29, 0.717) is 0 Å². The Balaban J connectivity index is 0. The molecule has 0 aromatic rings. The molecule has 0 saturated carbocycles. The van der Waals surface area contributed by atoms with Crippen LogP contribution in [-0.4, -0.2) is 31.2 Å². The van der Waals surface area contributed by atoms with Crippen LogP contribution in [0.15, 0.2) is 17.1 Å². The first kappa shape index (κ1) is 24.4. The zero-order valence-electron chi connectivity index (χ0n) is 14.0. The largest absolute Gasteiger partial charge is 1.00 e. The predicted molar refractivity (Wildman–Crippen MR) is 85.1 cm³/mol. The summed E-state index contributed by atoms with van der Waals surface area (Å²) >= 11 is 0. The molecule has 0 bridgehead atoms. The van der Waals surface area contributed by atoms with Crippen LogP contribution >= 0.6 is 0 Å². The van der Waals surface area contributed by atoms with Crippen LogP contribution in [0.3, 0.4) is 0 Å². The van der Waals surface area contributed by atoms with Gasteiger partial charge in [0.2, 0.25) is 0 Å². The van der Waals surface area contributed by atoms with Gasteiger partial charge in [-0.1, -0.05) is 57.6 Å². The van der Waals surface area contributed by atoms with Crippen LogP contribution in [0, 0.1) is 0 Å². The summed E-state index contributed by atoms with van der Waals surface area (Å²) in [5.41, 5.74) is 0. The van der Waals surface area contributed by atoms with Gasteiger partial charge in [-0.2, -0.15) is 8.42 Å². The summed E-state index contributed by atoms with van der Waals surface area (Å²) in [6, 6.07) is 0. The van der Waals surface area contributed by atoms with E-state index in [9.17, 15) is 13.5 Å². The van der Waals surface area contributed by atoms with E-state index in [1.807, 2.05) is 6.08 Å². The SMILES string of the molecule is CCCCCCCCC/C=C/C([O-])=NCCCS(=O)(=O)O.[Na+]. The van der Waals surface area contributed by atoms with Gasteiger partial charge in [0, 0.05) is 6.54 Å². The van der Waals surface area contributed by atoms with Crippen LogP contribution in [0.2, 0.25) is 0 Å². The number of rotatable bonds is 13. The van der Waals surface area contributed by atoms with E-state index in [4.69, 9.17) is 4.55 Å². The Labute approximate surface area is 157 Å². The fourth-order valence-electron chi connectivity index (χ4n) is 1.89. The molecule has 0 atom stereocenters. The number of hydrogen-bond acceptors (Lipinski definition) is 4. The van der Waals surface area contributed by atoms with Gasteiger partial charge in [0.1, 0.15) is 0 Å². The molecule has 0 fully saturated rings. The average Bonchev–Trinajstić information content (AvgIpc) is 2.41. The minimum Gasteiger partial charge on any atom is -0.859 e. The van der Waals surface area contributed by atoms with Crippen molar-refractivity contribution in [2.45, 2.75) is 64.7 Å². The minimum atomic E-state index is -3.95. The van der Waals surface area contributed by atoms with Crippen molar-refractivity contribution >= 4 is 16.0 Å². The number of hydrogen-bond donors (Lipinski definition) is 1. The summed E-state index contributed by atoms with van der Waals surface area (Å²) in [7, 11) is -3.95. The molecule has 0 spiro atoms. The maximum Gasteiger partial charge on any atom is 1.00 e. The van der Waals surface area contributed by atoms with Crippen LogP contribution in [-0.2, 0) is 10.1 Å². The van der Waals surface area contributed by atoms with Crippen LogP contribution in [0.4, 0.5) is 0 Å². The molecule has 0 aliphatic heterocycles. The third-order valence-corrected chi connectivity index (χ3v) is 3.87. The van der Waals surface area contributed by atoms with Crippen molar-refractivity contribution in [3.05, 3.63) is 12.2 Å². The van der Waals surface area contributed by atoms with Gasteiger partial charge in [0.05, 0.1) is 5.75 Å². The summed E-state index contributed by atoms with van der Waals surface area (Å²) in [5, 5.41) is 11.3. The molecular weight excluding hydrogens is 313 g/mol. The van der Waals surface area contributed by atoms with Gasteiger partial charge in [-0.05, 0) is 25.2 Å². The average molecular weight is 341 g/mol. The molecule has 0 aliphatic carbocycles.